The van der Waals surface area contributed by atoms with Crippen LogP contribution in [0.2, 0.25) is 0 Å². The van der Waals surface area contributed by atoms with E-state index in [4.69, 9.17) is 10.00 Å². The number of carbonyl (C=O) groups excluding carboxylic acids is 1. The zero-order valence-corrected chi connectivity index (χ0v) is 23.4. The Morgan fingerprint density at radius 3 is 2.59 bits per heavy atom. The molecule has 0 radical (unpaired) electrons. The highest BCUT2D eigenvalue weighted by Crippen LogP contribution is 2.27. The molecule has 4 rings (SSSR count). The van der Waals surface area contributed by atoms with Crippen LogP contribution in [0.25, 0.3) is 0 Å². The molecule has 1 aliphatic heterocycles. The first kappa shape index (κ1) is 28.1. The van der Waals surface area contributed by atoms with Crippen molar-refractivity contribution in [3.8, 4) is 11.8 Å². The largest absolute Gasteiger partial charge is 0.497 e. The molecule has 8 nitrogen and oxygen atoms in total. The van der Waals surface area contributed by atoms with E-state index in [2.05, 4.69) is 50.2 Å². The van der Waals surface area contributed by atoms with Crippen LogP contribution in [0, 0.1) is 25.2 Å². The molecule has 1 aliphatic rings. The van der Waals surface area contributed by atoms with Crippen LogP contribution in [0.5, 0.6) is 5.75 Å². The van der Waals surface area contributed by atoms with Crippen molar-refractivity contribution in [2.24, 2.45) is 0 Å². The average molecular weight is 527 g/mol. The lowest BCUT2D eigenvalue weighted by molar-refractivity contribution is 0.0943. The molecule has 0 saturated carbocycles. The average Bonchev–Trinajstić information content (AvgIpc) is 2.96. The molecule has 39 heavy (non-hydrogen) atoms. The molecule has 8 heteroatoms. The number of benzene rings is 1. The van der Waals surface area contributed by atoms with Crippen LogP contribution in [0.1, 0.15) is 59.1 Å². The van der Waals surface area contributed by atoms with E-state index in [1.54, 1.807) is 20.1 Å². The van der Waals surface area contributed by atoms with Crippen molar-refractivity contribution in [3.05, 3.63) is 82.9 Å². The van der Waals surface area contributed by atoms with Crippen molar-refractivity contribution in [1.29, 1.82) is 5.26 Å². The fraction of sp³-hybridized carbons (Fsp3) is 0.419. The third-order valence-electron chi connectivity index (χ3n) is 7.64. The number of likely N-dealkylation sites (tertiary alicyclic amines) is 1. The molecule has 0 spiro atoms. The first-order valence-electron chi connectivity index (χ1n) is 13.6. The van der Waals surface area contributed by atoms with Crippen molar-refractivity contribution in [3.63, 3.8) is 0 Å². The Morgan fingerprint density at radius 2 is 1.97 bits per heavy atom. The van der Waals surface area contributed by atoms with Gasteiger partial charge in [-0.25, -0.2) is 4.98 Å². The monoisotopic (exact) mass is 526 g/mol. The third-order valence-corrected chi connectivity index (χ3v) is 7.64. The molecule has 1 aromatic carbocycles. The Balaban J connectivity index is 1.31. The Morgan fingerprint density at radius 1 is 1.23 bits per heavy atom. The predicted molar refractivity (Wildman–Crippen MR) is 153 cm³/mol. The fourth-order valence-corrected chi connectivity index (χ4v) is 5.42. The summed E-state index contributed by atoms with van der Waals surface area (Å²) in [6.07, 6.45) is 6.77. The summed E-state index contributed by atoms with van der Waals surface area (Å²) in [5.74, 6) is 0.738. The lowest BCUT2D eigenvalue weighted by Gasteiger charge is -2.41. The summed E-state index contributed by atoms with van der Waals surface area (Å²) in [4.78, 5) is 26.4. The van der Waals surface area contributed by atoms with Gasteiger partial charge in [-0.2, -0.15) is 5.26 Å². The van der Waals surface area contributed by atoms with Gasteiger partial charge in [0.05, 0.1) is 30.3 Å². The summed E-state index contributed by atoms with van der Waals surface area (Å²) in [5.41, 5.74) is 4.66. The highest BCUT2D eigenvalue weighted by molar-refractivity contribution is 5.96. The van der Waals surface area contributed by atoms with Crippen LogP contribution in [0.4, 0.5) is 5.69 Å². The summed E-state index contributed by atoms with van der Waals surface area (Å²) in [7, 11) is 1.69. The number of rotatable bonds is 10. The van der Waals surface area contributed by atoms with Gasteiger partial charge in [0.2, 0.25) is 0 Å². The van der Waals surface area contributed by atoms with E-state index in [1.165, 1.54) is 5.56 Å². The van der Waals surface area contributed by atoms with Crippen molar-refractivity contribution in [1.82, 2.24) is 20.2 Å². The van der Waals surface area contributed by atoms with Gasteiger partial charge in [0.1, 0.15) is 17.5 Å². The van der Waals surface area contributed by atoms with Crippen molar-refractivity contribution in [2.75, 3.05) is 31.6 Å². The molecule has 0 bridgehead atoms. The molecule has 0 aliphatic carbocycles. The van der Waals surface area contributed by atoms with Crippen molar-refractivity contribution >= 4 is 11.6 Å². The number of nitriles is 1. The summed E-state index contributed by atoms with van der Waals surface area (Å²) in [5, 5.41) is 12.2. The first-order chi connectivity index (χ1) is 18.9. The highest BCUT2D eigenvalue weighted by Gasteiger charge is 2.27. The molecule has 1 amide bonds. The number of hydrogen-bond acceptors (Lipinski definition) is 7. The second kappa shape index (κ2) is 13.2. The minimum absolute atomic E-state index is 0.126. The van der Waals surface area contributed by atoms with Gasteiger partial charge in [0.25, 0.3) is 5.91 Å². The molecule has 204 valence electrons. The molecule has 2 aromatic heterocycles. The first-order valence-corrected chi connectivity index (χ1v) is 13.6. The maximum absolute atomic E-state index is 12.8. The molecule has 3 aromatic rings. The number of aryl methyl sites for hydroxylation is 2. The van der Waals surface area contributed by atoms with E-state index in [0.717, 1.165) is 55.9 Å². The van der Waals surface area contributed by atoms with Crippen LogP contribution in [0.15, 0.2) is 54.9 Å². The summed E-state index contributed by atoms with van der Waals surface area (Å²) < 4.78 is 5.33. The van der Waals surface area contributed by atoms with Crippen molar-refractivity contribution in [2.45, 2.75) is 58.7 Å². The Labute approximate surface area is 231 Å². The number of anilines is 1. The van der Waals surface area contributed by atoms with E-state index in [-0.39, 0.29) is 5.91 Å². The zero-order valence-electron chi connectivity index (χ0n) is 23.4. The SMILES string of the molecule is COc1ccc(CN(c2cccnc2)C2CCN([C@H](C)CCNC(=O)c3c(C)cc(C#N)nc3C)CC2)cc1. The molecule has 1 atom stereocenters. The van der Waals surface area contributed by atoms with Gasteiger partial charge in [-0.1, -0.05) is 12.1 Å². The lowest BCUT2D eigenvalue weighted by Crippen LogP contribution is -2.48. The molecule has 1 N–H and O–H groups in total. The summed E-state index contributed by atoms with van der Waals surface area (Å²) >= 11 is 0. The van der Waals surface area contributed by atoms with E-state index >= 15 is 0 Å². The number of nitrogens with zero attached hydrogens (tertiary/aromatic N) is 5. The number of ether oxygens (including phenoxy) is 1. The van der Waals surface area contributed by atoms with E-state index in [0.29, 0.717) is 35.6 Å². The Bertz CT molecular complexity index is 1260. The van der Waals surface area contributed by atoms with E-state index in [9.17, 15) is 4.79 Å². The van der Waals surface area contributed by atoms with Gasteiger partial charge >= 0.3 is 0 Å². The number of amides is 1. The van der Waals surface area contributed by atoms with Crippen molar-refractivity contribution < 1.29 is 9.53 Å². The van der Waals surface area contributed by atoms with E-state index < -0.39 is 0 Å². The zero-order chi connectivity index (χ0) is 27.8. The maximum Gasteiger partial charge on any atom is 0.253 e. The van der Waals surface area contributed by atoms with Crippen LogP contribution >= 0.6 is 0 Å². The smallest absolute Gasteiger partial charge is 0.253 e. The standard InChI is InChI=1S/C31H38N6O2/c1-22-18-26(19-32)35-24(3)30(22)31(38)34-15-11-23(2)36-16-12-27(13-17-36)37(28-6-5-14-33-20-28)21-25-7-9-29(39-4)10-8-25/h5-10,14,18,20,23,27H,11-13,15-17,21H2,1-4H3,(H,34,38)/t23-/m1/s1. The number of pyridine rings is 2. The Hall–Kier alpha value is -3.96. The van der Waals surface area contributed by atoms with Crippen LogP contribution in [-0.4, -0.2) is 59.6 Å². The molecular weight excluding hydrogens is 488 g/mol. The minimum Gasteiger partial charge on any atom is -0.497 e. The van der Waals surface area contributed by atoms with Gasteiger partial charge in [0.15, 0.2) is 0 Å². The number of nitrogens with one attached hydrogen (secondary N) is 1. The quantitative estimate of drug-likeness (QED) is 0.411. The summed E-state index contributed by atoms with van der Waals surface area (Å²) in [6, 6.07) is 16.9. The molecule has 3 heterocycles. The third kappa shape index (κ3) is 7.12. The van der Waals surface area contributed by atoms with Gasteiger partial charge in [-0.15, -0.1) is 0 Å². The highest BCUT2D eigenvalue weighted by atomic mass is 16.5. The van der Waals surface area contributed by atoms with Gasteiger partial charge < -0.3 is 19.9 Å². The molecular formula is C31H38N6O2. The number of hydrogen-bond donors (Lipinski definition) is 1. The number of methoxy groups -OCH3 is 1. The van der Waals surface area contributed by atoms with Gasteiger partial charge in [-0.05, 0) is 81.5 Å². The second-order valence-corrected chi connectivity index (χ2v) is 10.2. The second-order valence-electron chi connectivity index (χ2n) is 10.2. The predicted octanol–water partition coefficient (Wildman–Crippen LogP) is 4.65. The topological polar surface area (TPSA) is 94.4 Å². The number of piperidine rings is 1. The van der Waals surface area contributed by atoms with Crippen LogP contribution in [0.3, 0.4) is 0 Å². The Kier molecular flexibility index (Phi) is 9.50. The van der Waals surface area contributed by atoms with Gasteiger partial charge in [-0.3, -0.25) is 9.78 Å². The molecule has 0 unspecified atom stereocenters. The number of carbonyl (C=O) groups is 1. The van der Waals surface area contributed by atoms with E-state index in [1.807, 2.05) is 43.6 Å². The number of aromatic nitrogens is 2. The molecule has 1 fully saturated rings. The normalized spacial score (nSPS) is 14.8. The van der Waals surface area contributed by atoms with Crippen LogP contribution in [-0.2, 0) is 6.54 Å². The fourth-order valence-electron chi connectivity index (χ4n) is 5.42. The molecule has 1 saturated heterocycles. The lowest BCUT2D eigenvalue weighted by atomic mass is 9.99. The maximum atomic E-state index is 12.8. The van der Waals surface area contributed by atoms with Gasteiger partial charge in [0, 0.05) is 44.5 Å². The van der Waals surface area contributed by atoms with Crippen LogP contribution < -0.4 is 15.0 Å². The minimum atomic E-state index is -0.126. The summed E-state index contributed by atoms with van der Waals surface area (Å²) in [6.45, 7) is 9.30.